The van der Waals surface area contributed by atoms with Crippen molar-refractivity contribution in [1.29, 1.82) is 0 Å². The summed E-state index contributed by atoms with van der Waals surface area (Å²) >= 11 is 1.73. The molecule has 150 valence electrons. The number of likely N-dealkylation sites (tertiary alicyclic amines) is 1. The third kappa shape index (κ3) is 5.55. The first-order valence-corrected chi connectivity index (χ1v) is 11.4. The summed E-state index contributed by atoms with van der Waals surface area (Å²) in [5.41, 5.74) is 5.14. The predicted octanol–water partition coefficient (Wildman–Crippen LogP) is 4.99. The summed E-state index contributed by atoms with van der Waals surface area (Å²) in [5, 5.41) is 7.46. The zero-order chi connectivity index (χ0) is 19.9. The van der Waals surface area contributed by atoms with Crippen molar-refractivity contribution in [3.05, 3.63) is 82.6 Å². The number of hydrogen-bond acceptors (Lipinski definition) is 3. The van der Waals surface area contributed by atoms with Crippen LogP contribution in [0.3, 0.4) is 0 Å². The monoisotopic (exact) mass is 404 g/mol. The lowest BCUT2D eigenvalue weighted by atomic mass is 9.96. The molecule has 0 saturated carbocycles. The average molecular weight is 405 g/mol. The minimum absolute atomic E-state index is 0.0968. The van der Waals surface area contributed by atoms with Gasteiger partial charge in [-0.2, -0.15) is 11.3 Å². The van der Waals surface area contributed by atoms with E-state index in [9.17, 15) is 4.79 Å². The molecule has 3 nitrogen and oxygen atoms in total. The molecule has 0 radical (unpaired) electrons. The summed E-state index contributed by atoms with van der Waals surface area (Å²) in [6, 6.07) is 21.3. The molecule has 4 rings (SSSR count). The van der Waals surface area contributed by atoms with Crippen molar-refractivity contribution in [2.75, 3.05) is 19.6 Å². The maximum absolute atomic E-state index is 12.7. The van der Waals surface area contributed by atoms with Crippen molar-refractivity contribution in [2.45, 2.75) is 25.8 Å². The lowest BCUT2D eigenvalue weighted by molar-refractivity contribution is -0.126. The molecular formula is C25H28N2OS. The van der Waals surface area contributed by atoms with Crippen molar-refractivity contribution >= 4 is 17.2 Å². The van der Waals surface area contributed by atoms with E-state index in [1.165, 1.54) is 22.3 Å². The number of benzene rings is 2. The van der Waals surface area contributed by atoms with E-state index in [1.54, 1.807) is 11.3 Å². The van der Waals surface area contributed by atoms with Gasteiger partial charge in [-0.25, -0.2) is 0 Å². The fourth-order valence-electron chi connectivity index (χ4n) is 4.07. The molecule has 1 saturated heterocycles. The number of thiophene rings is 1. The maximum atomic E-state index is 12.7. The molecule has 1 aromatic heterocycles. The highest BCUT2D eigenvalue weighted by Crippen LogP contribution is 2.24. The van der Waals surface area contributed by atoms with Gasteiger partial charge in [0.05, 0.1) is 5.92 Å². The van der Waals surface area contributed by atoms with Crippen LogP contribution in [0, 0.1) is 5.92 Å². The standard InChI is InChI=1S/C25H28N2OS/c28-25(26-13-11-20-6-2-1-3-7-20)23-10-5-14-27(18-23)17-21-8-4-9-22(16-21)24-12-15-29-19-24/h1-4,6-9,12,15-16,19,23H,5,10-11,13-14,17-18H2,(H,26,28). The van der Waals surface area contributed by atoms with Gasteiger partial charge in [-0.3, -0.25) is 9.69 Å². The highest BCUT2D eigenvalue weighted by Gasteiger charge is 2.25. The highest BCUT2D eigenvalue weighted by atomic mass is 32.1. The van der Waals surface area contributed by atoms with Gasteiger partial charge in [-0.05, 0) is 71.0 Å². The first-order valence-electron chi connectivity index (χ1n) is 10.4. The Morgan fingerprint density at radius 3 is 2.72 bits per heavy atom. The molecule has 1 unspecified atom stereocenters. The van der Waals surface area contributed by atoms with E-state index >= 15 is 0 Å². The summed E-state index contributed by atoms with van der Waals surface area (Å²) in [6.45, 7) is 3.53. The largest absolute Gasteiger partial charge is 0.355 e. The molecule has 29 heavy (non-hydrogen) atoms. The van der Waals surface area contributed by atoms with Gasteiger partial charge in [0, 0.05) is 19.6 Å². The summed E-state index contributed by atoms with van der Waals surface area (Å²) in [6.07, 6.45) is 2.96. The Balaban J connectivity index is 1.29. The van der Waals surface area contributed by atoms with Gasteiger partial charge in [0.15, 0.2) is 0 Å². The third-order valence-electron chi connectivity index (χ3n) is 5.62. The molecule has 1 amide bonds. The Morgan fingerprint density at radius 1 is 1.03 bits per heavy atom. The Bertz CT molecular complexity index is 908. The normalized spacial score (nSPS) is 17.2. The number of carbonyl (C=O) groups excluding carboxylic acids is 1. The van der Waals surface area contributed by atoms with Crippen LogP contribution in [0.4, 0.5) is 0 Å². The molecule has 1 aliphatic rings. The van der Waals surface area contributed by atoms with Crippen molar-refractivity contribution in [1.82, 2.24) is 10.2 Å². The molecule has 0 aliphatic carbocycles. The van der Waals surface area contributed by atoms with Crippen molar-refractivity contribution < 1.29 is 4.79 Å². The topological polar surface area (TPSA) is 32.3 Å². The second kappa shape index (κ2) is 9.86. The quantitative estimate of drug-likeness (QED) is 0.602. The minimum Gasteiger partial charge on any atom is -0.355 e. The number of piperidine rings is 1. The Morgan fingerprint density at radius 2 is 1.90 bits per heavy atom. The molecule has 2 aromatic carbocycles. The first-order chi connectivity index (χ1) is 14.3. The van der Waals surface area contributed by atoms with Gasteiger partial charge in [0.1, 0.15) is 0 Å². The lowest BCUT2D eigenvalue weighted by Gasteiger charge is -2.32. The molecule has 0 bridgehead atoms. The van der Waals surface area contributed by atoms with E-state index in [0.29, 0.717) is 6.54 Å². The van der Waals surface area contributed by atoms with E-state index < -0.39 is 0 Å². The number of carbonyl (C=O) groups is 1. The number of nitrogens with zero attached hydrogens (tertiary/aromatic N) is 1. The van der Waals surface area contributed by atoms with Crippen LogP contribution in [0.2, 0.25) is 0 Å². The van der Waals surface area contributed by atoms with Crippen molar-refractivity contribution in [3.8, 4) is 11.1 Å². The van der Waals surface area contributed by atoms with Gasteiger partial charge in [-0.1, -0.05) is 48.5 Å². The predicted molar refractivity (Wildman–Crippen MR) is 121 cm³/mol. The molecule has 1 fully saturated rings. The van der Waals surface area contributed by atoms with Crippen molar-refractivity contribution in [3.63, 3.8) is 0 Å². The molecule has 1 aliphatic heterocycles. The van der Waals surface area contributed by atoms with Crippen LogP contribution in [-0.4, -0.2) is 30.4 Å². The average Bonchev–Trinajstić information content (AvgIpc) is 3.30. The van der Waals surface area contributed by atoms with Crippen molar-refractivity contribution in [2.24, 2.45) is 5.92 Å². The lowest BCUT2D eigenvalue weighted by Crippen LogP contribution is -2.43. The second-order valence-electron chi connectivity index (χ2n) is 7.81. The van der Waals surface area contributed by atoms with E-state index in [0.717, 1.165) is 38.9 Å². The van der Waals surface area contributed by atoms with Crippen LogP contribution in [0.1, 0.15) is 24.0 Å². The van der Waals surface area contributed by atoms with Gasteiger partial charge >= 0.3 is 0 Å². The minimum atomic E-state index is 0.0968. The zero-order valence-electron chi connectivity index (χ0n) is 16.7. The Hall–Kier alpha value is -2.43. The Labute approximate surface area is 177 Å². The van der Waals surface area contributed by atoms with Gasteiger partial charge in [0.25, 0.3) is 0 Å². The van der Waals surface area contributed by atoms with Gasteiger partial charge < -0.3 is 5.32 Å². The van der Waals surface area contributed by atoms with Crippen LogP contribution in [0.15, 0.2) is 71.4 Å². The third-order valence-corrected chi connectivity index (χ3v) is 6.30. The smallest absolute Gasteiger partial charge is 0.224 e. The van der Waals surface area contributed by atoms with Crippen LogP contribution in [-0.2, 0) is 17.8 Å². The maximum Gasteiger partial charge on any atom is 0.224 e. The molecular weight excluding hydrogens is 376 g/mol. The molecule has 3 aromatic rings. The zero-order valence-corrected chi connectivity index (χ0v) is 17.5. The molecule has 4 heteroatoms. The van der Waals surface area contributed by atoms with E-state index in [4.69, 9.17) is 0 Å². The molecule has 0 spiro atoms. The van der Waals surface area contributed by atoms with Crippen LogP contribution in [0.5, 0.6) is 0 Å². The first kappa shape index (κ1) is 19.9. The van der Waals surface area contributed by atoms with Crippen LogP contribution < -0.4 is 5.32 Å². The Kier molecular flexibility index (Phi) is 6.75. The second-order valence-corrected chi connectivity index (χ2v) is 8.59. The fraction of sp³-hybridized carbons (Fsp3) is 0.320. The summed E-state index contributed by atoms with van der Waals surface area (Å²) in [4.78, 5) is 15.1. The highest BCUT2D eigenvalue weighted by molar-refractivity contribution is 7.08. The summed E-state index contributed by atoms with van der Waals surface area (Å²) < 4.78 is 0. The number of amides is 1. The summed E-state index contributed by atoms with van der Waals surface area (Å²) in [7, 11) is 0. The van der Waals surface area contributed by atoms with Crippen LogP contribution in [0.25, 0.3) is 11.1 Å². The fourth-order valence-corrected chi connectivity index (χ4v) is 4.73. The van der Waals surface area contributed by atoms with Gasteiger partial charge in [0.2, 0.25) is 5.91 Å². The van der Waals surface area contributed by atoms with Gasteiger partial charge in [-0.15, -0.1) is 0 Å². The molecule has 1 atom stereocenters. The number of hydrogen-bond donors (Lipinski definition) is 1. The molecule has 1 N–H and O–H groups in total. The SMILES string of the molecule is O=C(NCCc1ccccc1)C1CCCN(Cc2cccc(-c3ccsc3)c2)C1. The number of rotatable bonds is 7. The van der Waals surface area contributed by atoms with E-state index in [1.807, 2.05) is 18.2 Å². The number of nitrogens with one attached hydrogen (secondary N) is 1. The van der Waals surface area contributed by atoms with Crippen LogP contribution >= 0.6 is 11.3 Å². The summed E-state index contributed by atoms with van der Waals surface area (Å²) in [5.74, 6) is 0.303. The van der Waals surface area contributed by atoms with E-state index in [-0.39, 0.29) is 11.8 Å². The molecule has 2 heterocycles. The van der Waals surface area contributed by atoms with E-state index in [2.05, 4.69) is 63.4 Å².